The van der Waals surface area contributed by atoms with Crippen molar-refractivity contribution in [1.82, 2.24) is 0 Å². The van der Waals surface area contributed by atoms with E-state index < -0.39 is 0 Å². The molecule has 0 amide bonds. The molecule has 1 heteroatoms. The van der Waals surface area contributed by atoms with Crippen LogP contribution in [0.5, 0.6) is 0 Å². The standard InChI is InChI=1S/C10H16O/c1-7-2-3-9(6-7)10(11)8-4-5-8/h7-9H,2-6H2,1H3. The normalized spacial score (nSPS) is 37.5. The van der Waals surface area contributed by atoms with Crippen molar-refractivity contribution < 1.29 is 4.79 Å². The van der Waals surface area contributed by atoms with E-state index >= 15 is 0 Å². The lowest BCUT2D eigenvalue weighted by molar-refractivity contribution is -0.123. The maximum absolute atomic E-state index is 11.6. The van der Waals surface area contributed by atoms with Crippen molar-refractivity contribution in [3.8, 4) is 0 Å². The van der Waals surface area contributed by atoms with E-state index in [4.69, 9.17) is 0 Å². The number of rotatable bonds is 2. The first-order valence-electron chi connectivity index (χ1n) is 4.81. The number of ketones is 1. The summed E-state index contributed by atoms with van der Waals surface area (Å²) in [6.07, 6.45) is 6.00. The third kappa shape index (κ3) is 1.47. The minimum Gasteiger partial charge on any atom is -0.299 e. The lowest BCUT2D eigenvalue weighted by Crippen LogP contribution is -2.12. The summed E-state index contributed by atoms with van der Waals surface area (Å²) in [5.74, 6) is 2.35. The summed E-state index contributed by atoms with van der Waals surface area (Å²) in [4.78, 5) is 11.6. The van der Waals surface area contributed by atoms with Gasteiger partial charge in [-0.05, 0) is 38.0 Å². The van der Waals surface area contributed by atoms with E-state index in [1.54, 1.807) is 0 Å². The maximum atomic E-state index is 11.6. The van der Waals surface area contributed by atoms with Crippen LogP contribution in [0.25, 0.3) is 0 Å². The van der Waals surface area contributed by atoms with Crippen molar-refractivity contribution in [3.63, 3.8) is 0 Å². The minimum atomic E-state index is 0.456. The van der Waals surface area contributed by atoms with E-state index in [0.717, 1.165) is 5.92 Å². The SMILES string of the molecule is CC1CCC(C(=O)C2CC2)C1. The van der Waals surface area contributed by atoms with Gasteiger partial charge in [-0.15, -0.1) is 0 Å². The van der Waals surface area contributed by atoms with Crippen molar-refractivity contribution in [2.45, 2.75) is 39.0 Å². The molecule has 2 aliphatic carbocycles. The molecular weight excluding hydrogens is 136 g/mol. The van der Waals surface area contributed by atoms with Crippen molar-refractivity contribution in [2.24, 2.45) is 17.8 Å². The number of hydrogen-bond acceptors (Lipinski definition) is 1. The van der Waals surface area contributed by atoms with E-state index in [-0.39, 0.29) is 0 Å². The van der Waals surface area contributed by atoms with Crippen LogP contribution in [-0.2, 0) is 4.79 Å². The van der Waals surface area contributed by atoms with Crippen LogP contribution in [0.15, 0.2) is 0 Å². The second-order valence-electron chi connectivity index (χ2n) is 4.29. The van der Waals surface area contributed by atoms with Gasteiger partial charge in [0.25, 0.3) is 0 Å². The molecule has 2 aliphatic rings. The van der Waals surface area contributed by atoms with Crippen molar-refractivity contribution in [2.75, 3.05) is 0 Å². The minimum absolute atomic E-state index is 0.456. The summed E-state index contributed by atoms with van der Waals surface area (Å²) < 4.78 is 0. The molecule has 1 nitrogen and oxygen atoms in total. The highest BCUT2D eigenvalue weighted by molar-refractivity contribution is 5.85. The van der Waals surface area contributed by atoms with Crippen LogP contribution in [0.2, 0.25) is 0 Å². The summed E-state index contributed by atoms with van der Waals surface area (Å²) in [6.45, 7) is 2.26. The molecule has 11 heavy (non-hydrogen) atoms. The summed E-state index contributed by atoms with van der Waals surface area (Å²) in [5, 5.41) is 0. The molecule has 0 aliphatic heterocycles. The number of hydrogen-bond donors (Lipinski definition) is 0. The average Bonchev–Trinajstić information content (AvgIpc) is 2.74. The lowest BCUT2D eigenvalue weighted by Gasteiger charge is -2.05. The molecule has 0 heterocycles. The molecule has 2 atom stereocenters. The number of carbonyl (C=O) groups excluding carboxylic acids is 1. The van der Waals surface area contributed by atoms with Gasteiger partial charge in [-0.2, -0.15) is 0 Å². The lowest BCUT2D eigenvalue weighted by atomic mass is 9.98. The Morgan fingerprint density at radius 1 is 1.09 bits per heavy atom. The highest BCUT2D eigenvalue weighted by Crippen LogP contribution is 2.39. The van der Waals surface area contributed by atoms with Crippen LogP contribution >= 0.6 is 0 Å². The predicted molar refractivity (Wildman–Crippen MR) is 44.2 cm³/mol. The quantitative estimate of drug-likeness (QED) is 0.593. The Morgan fingerprint density at radius 2 is 1.73 bits per heavy atom. The van der Waals surface area contributed by atoms with Gasteiger partial charge in [0.05, 0.1) is 0 Å². The van der Waals surface area contributed by atoms with E-state index in [2.05, 4.69) is 6.92 Å². The van der Waals surface area contributed by atoms with Gasteiger partial charge in [-0.1, -0.05) is 6.92 Å². The molecule has 2 fully saturated rings. The molecule has 2 rings (SSSR count). The fourth-order valence-electron chi connectivity index (χ4n) is 2.17. The van der Waals surface area contributed by atoms with Gasteiger partial charge in [0, 0.05) is 11.8 Å². The van der Waals surface area contributed by atoms with Crippen molar-refractivity contribution in [1.29, 1.82) is 0 Å². The topological polar surface area (TPSA) is 17.1 Å². The highest BCUT2D eigenvalue weighted by atomic mass is 16.1. The van der Waals surface area contributed by atoms with Gasteiger partial charge in [-0.3, -0.25) is 4.79 Å². The second kappa shape index (κ2) is 2.62. The predicted octanol–water partition coefficient (Wildman–Crippen LogP) is 2.40. The maximum Gasteiger partial charge on any atom is 0.139 e. The van der Waals surface area contributed by atoms with Crippen LogP contribution in [0.4, 0.5) is 0 Å². The first-order chi connectivity index (χ1) is 5.27. The molecule has 0 aromatic heterocycles. The van der Waals surface area contributed by atoms with E-state index in [0.29, 0.717) is 17.6 Å². The Kier molecular flexibility index (Phi) is 1.74. The average molecular weight is 152 g/mol. The molecule has 0 N–H and O–H groups in total. The molecule has 0 saturated heterocycles. The smallest absolute Gasteiger partial charge is 0.139 e. The fourth-order valence-corrected chi connectivity index (χ4v) is 2.17. The molecule has 2 saturated carbocycles. The second-order valence-corrected chi connectivity index (χ2v) is 4.29. The van der Waals surface area contributed by atoms with E-state index in [9.17, 15) is 4.79 Å². The molecule has 0 aromatic carbocycles. The van der Waals surface area contributed by atoms with Crippen molar-refractivity contribution in [3.05, 3.63) is 0 Å². The number of Topliss-reactive ketones (excluding diaryl/α,β-unsaturated/α-hetero) is 1. The summed E-state index contributed by atoms with van der Waals surface area (Å²) in [6, 6.07) is 0. The van der Waals surface area contributed by atoms with Gasteiger partial charge >= 0.3 is 0 Å². The Labute approximate surface area is 68.2 Å². The molecule has 0 aromatic rings. The summed E-state index contributed by atoms with van der Waals surface area (Å²) >= 11 is 0. The van der Waals surface area contributed by atoms with Crippen molar-refractivity contribution >= 4 is 5.78 Å². The van der Waals surface area contributed by atoms with Crippen LogP contribution in [0.3, 0.4) is 0 Å². The number of carbonyl (C=O) groups is 1. The first-order valence-corrected chi connectivity index (χ1v) is 4.81. The molecule has 62 valence electrons. The van der Waals surface area contributed by atoms with Gasteiger partial charge in [-0.25, -0.2) is 0 Å². The Hall–Kier alpha value is -0.330. The zero-order chi connectivity index (χ0) is 7.84. The first kappa shape index (κ1) is 7.33. The Bertz CT molecular complexity index is 170. The zero-order valence-corrected chi connectivity index (χ0v) is 7.18. The Morgan fingerprint density at radius 3 is 2.18 bits per heavy atom. The van der Waals surface area contributed by atoms with Gasteiger partial charge in [0.2, 0.25) is 0 Å². The highest BCUT2D eigenvalue weighted by Gasteiger charge is 2.37. The third-order valence-electron chi connectivity index (χ3n) is 3.08. The van der Waals surface area contributed by atoms with E-state index in [1.165, 1.54) is 32.1 Å². The molecule has 2 unspecified atom stereocenters. The largest absolute Gasteiger partial charge is 0.299 e. The third-order valence-corrected chi connectivity index (χ3v) is 3.08. The van der Waals surface area contributed by atoms with E-state index in [1.807, 2.05) is 0 Å². The van der Waals surface area contributed by atoms with Crippen LogP contribution in [0.1, 0.15) is 39.0 Å². The van der Waals surface area contributed by atoms with Gasteiger partial charge < -0.3 is 0 Å². The molecule has 0 bridgehead atoms. The van der Waals surface area contributed by atoms with Crippen LogP contribution in [0, 0.1) is 17.8 Å². The zero-order valence-electron chi connectivity index (χ0n) is 7.18. The summed E-state index contributed by atoms with van der Waals surface area (Å²) in [7, 11) is 0. The molecular formula is C10H16O. The van der Waals surface area contributed by atoms with Gasteiger partial charge in [0.1, 0.15) is 5.78 Å². The fraction of sp³-hybridized carbons (Fsp3) is 0.900. The summed E-state index contributed by atoms with van der Waals surface area (Å²) in [5.41, 5.74) is 0. The monoisotopic (exact) mass is 152 g/mol. The molecule has 0 radical (unpaired) electrons. The van der Waals surface area contributed by atoms with Crippen LogP contribution in [-0.4, -0.2) is 5.78 Å². The van der Waals surface area contributed by atoms with Gasteiger partial charge in [0.15, 0.2) is 0 Å². The molecule has 0 spiro atoms. The van der Waals surface area contributed by atoms with Crippen LogP contribution < -0.4 is 0 Å². The Balaban J connectivity index is 1.89.